The molecule has 1 saturated heterocycles. The average Bonchev–Trinajstić information content (AvgIpc) is 2.55. The van der Waals surface area contributed by atoms with Crippen LogP contribution >= 0.6 is 0 Å². The highest BCUT2D eigenvalue weighted by molar-refractivity contribution is 5.43. The molecule has 2 rings (SSSR count). The minimum absolute atomic E-state index is 0.272. The Labute approximate surface area is 134 Å². The van der Waals surface area contributed by atoms with E-state index in [4.69, 9.17) is 9.47 Å². The lowest BCUT2D eigenvalue weighted by molar-refractivity contribution is 0.112. The van der Waals surface area contributed by atoms with Crippen LogP contribution in [0.3, 0.4) is 0 Å². The largest absolute Gasteiger partial charge is 0.493 e. The highest BCUT2D eigenvalue weighted by atomic mass is 16.5. The molecule has 22 heavy (non-hydrogen) atoms. The van der Waals surface area contributed by atoms with Gasteiger partial charge in [0.05, 0.1) is 13.7 Å². The number of ether oxygens (including phenoxy) is 2. The molecule has 4 heteroatoms. The van der Waals surface area contributed by atoms with Gasteiger partial charge in [-0.15, -0.1) is 0 Å². The van der Waals surface area contributed by atoms with Crippen molar-refractivity contribution in [3.8, 4) is 11.5 Å². The Balaban J connectivity index is 2.07. The highest BCUT2D eigenvalue weighted by Gasteiger charge is 2.22. The first kappa shape index (κ1) is 17.1. The SMILES string of the molecule is CCCOc1cc(CN2CCCCC2CCO)ccc1OC. The van der Waals surface area contributed by atoms with E-state index in [-0.39, 0.29) is 6.61 Å². The summed E-state index contributed by atoms with van der Waals surface area (Å²) < 4.78 is 11.2. The molecule has 1 unspecified atom stereocenters. The lowest BCUT2D eigenvalue weighted by Gasteiger charge is -2.35. The van der Waals surface area contributed by atoms with Crippen LogP contribution < -0.4 is 9.47 Å². The summed E-state index contributed by atoms with van der Waals surface area (Å²) in [5.74, 6) is 1.63. The van der Waals surface area contributed by atoms with Crippen molar-refractivity contribution in [2.75, 3.05) is 26.9 Å². The van der Waals surface area contributed by atoms with Crippen molar-refractivity contribution >= 4 is 0 Å². The molecule has 0 saturated carbocycles. The monoisotopic (exact) mass is 307 g/mol. The fourth-order valence-corrected chi connectivity index (χ4v) is 3.12. The Morgan fingerprint density at radius 3 is 2.86 bits per heavy atom. The third kappa shape index (κ3) is 4.62. The Hall–Kier alpha value is -1.26. The first-order valence-corrected chi connectivity index (χ1v) is 8.43. The predicted molar refractivity (Wildman–Crippen MR) is 88.5 cm³/mol. The number of nitrogens with zero attached hydrogens (tertiary/aromatic N) is 1. The van der Waals surface area contributed by atoms with Crippen molar-refractivity contribution in [3.05, 3.63) is 23.8 Å². The van der Waals surface area contributed by atoms with Crippen LogP contribution in [0.15, 0.2) is 18.2 Å². The number of aliphatic hydroxyl groups is 1. The topological polar surface area (TPSA) is 41.9 Å². The maximum absolute atomic E-state index is 9.25. The Kier molecular flexibility index (Phi) is 7.00. The Morgan fingerprint density at radius 2 is 2.14 bits per heavy atom. The highest BCUT2D eigenvalue weighted by Crippen LogP contribution is 2.30. The van der Waals surface area contributed by atoms with Crippen LogP contribution in [0.25, 0.3) is 0 Å². The molecular formula is C18H29NO3. The van der Waals surface area contributed by atoms with Crippen molar-refractivity contribution in [1.29, 1.82) is 0 Å². The molecule has 1 atom stereocenters. The molecule has 1 N–H and O–H groups in total. The number of methoxy groups -OCH3 is 1. The van der Waals surface area contributed by atoms with Crippen molar-refractivity contribution in [2.45, 2.75) is 51.6 Å². The number of piperidine rings is 1. The number of benzene rings is 1. The van der Waals surface area contributed by atoms with Crippen LogP contribution in [-0.2, 0) is 6.54 Å². The van der Waals surface area contributed by atoms with Crippen molar-refractivity contribution in [2.24, 2.45) is 0 Å². The maximum atomic E-state index is 9.25. The molecule has 1 aromatic rings. The lowest BCUT2D eigenvalue weighted by atomic mass is 9.99. The third-order valence-electron chi connectivity index (χ3n) is 4.29. The van der Waals surface area contributed by atoms with Gasteiger partial charge < -0.3 is 14.6 Å². The second kappa shape index (κ2) is 9.01. The Morgan fingerprint density at radius 1 is 1.27 bits per heavy atom. The van der Waals surface area contributed by atoms with E-state index in [0.29, 0.717) is 12.6 Å². The van der Waals surface area contributed by atoms with Crippen molar-refractivity contribution in [3.63, 3.8) is 0 Å². The van der Waals surface area contributed by atoms with Gasteiger partial charge in [0, 0.05) is 19.2 Å². The fraction of sp³-hybridized carbons (Fsp3) is 0.667. The second-order valence-electron chi connectivity index (χ2n) is 5.97. The molecule has 1 heterocycles. The minimum atomic E-state index is 0.272. The van der Waals surface area contributed by atoms with Crippen LogP contribution in [0.1, 0.15) is 44.6 Å². The van der Waals surface area contributed by atoms with Gasteiger partial charge in [0.15, 0.2) is 11.5 Å². The molecular weight excluding hydrogens is 278 g/mol. The van der Waals surface area contributed by atoms with E-state index in [9.17, 15) is 5.11 Å². The van der Waals surface area contributed by atoms with Gasteiger partial charge in [0.1, 0.15) is 0 Å². The number of hydrogen-bond acceptors (Lipinski definition) is 4. The van der Waals surface area contributed by atoms with E-state index in [1.165, 1.54) is 24.8 Å². The first-order valence-electron chi connectivity index (χ1n) is 8.43. The molecule has 0 amide bonds. The lowest BCUT2D eigenvalue weighted by Crippen LogP contribution is -2.39. The molecule has 0 bridgehead atoms. The zero-order valence-corrected chi connectivity index (χ0v) is 13.9. The van der Waals surface area contributed by atoms with Crippen molar-refractivity contribution < 1.29 is 14.6 Å². The summed E-state index contributed by atoms with van der Waals surface area (Å²) in [5.41, 5.74) is 1.25. The van der Waals surface area contributed by atoms with Gasteiger partial charge in [-0.25, -0.2) is 0 Å². The molecule has 1 aromatic carbocycles. The van der Waals surface area contributed by atoms with Crippen LogP contribution in [0.4, 0.5) is 0 Å². The van der Waals surface area contributed by atoms with Gasteiger partial charge in [0.2, 0.25) is 0 Å². The standard InChI is InChI=1S/C18H29NO3/c1-3-12-22-18-13-15(7-8-17(18)21-2)14-19-10-5-4-6-16(19)9-11-20/h7-8,13,16,20H,3-6,9-12,14H2,1-2H3. The molecule has 1 fully saturated rings. The summed E-state index contributed by atoms with van der Waals surface area (Å²) in [4.78, 5) is 2.49. The van der Waals surface area contributed by atoms with E-state index in [1.54, 1.807) is 7.11 Å². The summed E-state index contributed by atoms with van der Waals surface area (Å²) in [6, 6.07) is 6.70. The molecule has 0 aliphatic carbocycles. The second-order valence-corrected chi connectivity index (χ2v) is 5.97. The average molecular weight is 307 g/mol. The maximum Gasteiger partial charge on any atom is 0.161 e. The van der Waals surface area contributed by atoms with Crippen LogP contribution in [0, 0.1) is 0 Å². The van der Waals surface area contributed by atoms with E-state index in [1.807, 2.05) is 6.07 Å². The van der Waals surface area contributed by atoms with Crippen LogP contribution in [-0.4, -0.2) is 42.9 Å². The normalized spacial score (nSPS) is 19.1. The summed E-state index contributed by atoms with van der Waals surface area (Å²) in [6.07, 6.45) is 5.56. The fourth-order valence-electron chi connectivity index (χ4n) is 3.12. The molecule has 124 valence electrons. The summed E-state index contributed by atoms with van der Waals surface area (Å²) in [7, 11) is 1.68. The van der Waals surface area contributed by atoms with E-state index >= 15 is 0 Å². The minimum Gasteiger partial charge on any atom is -0.493 e. The third-order valence-corrected chi connectivity index (χ3v) is 4.29. The van der Waals surface area contributed by atoms with E-state index in [2.05, 4.69) is 24.0 Å². The van der Waals surface area contributed by atoms with Gasteiger partial charge in [-0.2, -0.15) is 0 Å². The van der Waals surface area contributed by atoms with Gasteiger partial charge in [-0.05, 0) is 49.9 Å². The molecule has 0 spiro atoms. The zero-order chi connectivity index (χ0) is 15.8. The Bertz CT molecular complexity index is 448. The quantitative estimate of drug-likeness (QED) is 0.801. The summed E-state index contributed by atoms with van der Waals surface area (Å²) >= 11 is 0. The molecule has 4 nitrogen and oxygen atoms in total. The number of rotatable bonds is 8. The molecule has 1 aliphatic rings. The van der Waals surface area contributed by atoms with Crippen molar-refractivity contribution in [1.82, 2.24) is 4.90 Å². The predicted octanol–water partition coefficient (Wildman–Crippen LogP) is 3.22. The number of aliphatic hydroxyl groups excluding tert-OH is 1. The zero-order valence-electron chi connectivity index (χ0n) is 13.9. The van der Waals surface area contributed by atoms with E-state index in [0.717, 1.165) is 37.4 Å². The molecule has 0 radical (unpaired) electrons. The van der Waals surface area contributed by atoms with E-state index < -0.39 is 0 Å². The van der Waals surface area contributed by atoms with Gasteiger partial charge >= 0.3 is 0 Å². The number of likely N-dealkylation sites (tertiary alicyclic amines) is 1. The van der Waals surface area contributed by atoms with Crippen LogP contribution in [0.2, 0.25) is 0 Å². The van der Waals surface area contributed by atoms with Crippen LogP contribution in [0.5, 0.6) is 11.5 Å². The smallest absolute Gasteiger partial charge is 0.161 e. The summed E-state index contributed by atoms with van der Waals surface area (Å²) in [6.45, 7) is 5.11. The van der Waals surface area contributed by atoms with Gasteiger partial charge in [0.25, 0.3) is 0 Å². The van der Waals surface area contributed by atoms with Gasteiger partial charge in [-0.1, -0.05) is 19.4 Å². The van der Waals surface area contributed by atoms with Gasteiger partial charge in [-0.3, -0.25) is 4.90 Å². The molecule has 0 aromatic heterocycles. The number of hydrogen-bond donors (Lipinski definition) is 1. The molecule has 1 aliphatic heterocycles. The summed E-state index contributed by atoms with van der Waals surface area (Å²) in [5, 5.41) is 9.25. The first-order chi connectivity index (χ1) is 10.8.